The minimum atomic E-state index is -3.90. The summed E-state index contributed by atoms with van der Waals surface area (Å²) in [4.78, 5) is 12.6. The van der Waals surface area contributed by atoms with Crippen LogP contribution >= 0.6 is 11.6 Å². The number of benzene rings is 2. The smallest absolute Gasteiger partial charge is 0.262 e. The Labute approximate surface area is 168 Å². The van der Waals surface area contributed by atoms with Crippen molar-refractivity contribution >= 4 is 33.2 Å². The number of sulfonamides is 1. The normalized spacial score (nSPS) is 12.4. The molecular weight excluding hydrogens is 400 g/mol. The maximum Gasteiger partial charge on any atom is 0.262 e. The standard InChI is InChI=1S/C20H19ClN2O4S/c1-13-8-9-15(20(24)22-14(2)18-7-4-10-27-18)11-19(13)28(25,26)23-17-6-3-5-16(21)12-17/h3-12,14,23H,1-2H3,(H,22,24)/t14-/m1/s1. The van der Waals surface area contributed by atoms with E-state index >= 15 is 0 Å². The van der Waals surface area contributed by atoms with Crippen molar-refractivity contribution in [3.05, 3.63) is 82.8 Å². The average molecular weight is 419 g/mol. The number of nitrogens with one attached hydrogen (secondary N) is 2. The van der Waals surface area contributed by atoms with Crippen molar-refractivity contribution in [3.8, 4) is 0 Å². The van der Waals surface area contributed by atoms with E-state index in [9.17, 15) is 13.2 Å². The van der Waals surface area contributed by atoms with E-state index < -0.39 is 15.9 Å². The summed E-state index contributed by atoms with van der Waals surface area (Å²) in [5, 5.41) is 3.20. The fraction of sp³-hybridized carbons (Fsp3) is 0.150. The summed E-state index contributed by atoms with van der Waals surface area (Å²) in [6, 6.07) is 14.1. The van der Waals surface area contributed by atoms with Gasteiger partial charge in [0.25, 0.3) is 15.9 Å². The lowest BCUT2D eigenvalue weighted by Crippen LogP contribution is -2.26. The molecule has 0 spiro atoms. The van der Waals surface area contributed by atoms with E-state index in [1.165, 1.54) is 18.4 Å². The number of hydrogen-bond acceptors (Lipinski definition) is 4. The molecule has 0 saturated carbocycles. The lowest BCUT2D eigenvalue weighted by atomic mass is 10.1. The van der Waals surface area contributed by atoms with Gasteiger partial charge >= 0.3 is 0 Å². The second-order valence-corrected chi connectivity index (χ2v) is 8.39. The predicted octanol–water partition coefficient (Wildman–Crippen LogP) is 4.53. The molecule has 6 nitrogen and oxygen atoms in total. The lowest BCUT2D eigenvalue weighted by molar-refractivity contribution is 0.0935. The highest BCUT2D eigenvalue weighted by molar-refractivity contribution is 7.92. The molecule has 146 valence electrons. The molecule has 2 aromatic carbocycles. The van der Waals surface area contributed by atoms with Gasteiger partial charge in [-0.3, -0.25) is 9.52 Å². The third-order valence-electron chi connectivity index (χ3n) is 4.13. The van der Waals surface area contributed by atoms with Gasteiger partial charge in [0.2, 0.25) is 0 Å². The molecule has 8 heteroatoms. The lowest BCUT2D eigenvalue weighted by Gasteiger charge is -2.14. The fourth-order valence-corrected chi connectivity index (χ4v) is 4.19. The van der Waals surface area contributed by atoms with Gasteiger partial charge in [-0.2, -0.15) is 0 Å². The van der Waals surface area contributed by atoms with Crippen molar-refractivity contribution in [2.24, 2.45) is 0 Å². The number of hydrogen-bond donors (Lipinski definition) is 2. The van der Waals surface area contributed by atoms with Crippen LogP contribution in [0.4, 0.5) is 5.69 Å². The van der Waals surface area contributed by atoms with Crippen molar-refractivity contribution in [1.82, 2.24) is 5.32 Å². The third-order valence-corrected chi connectivity index (χ3v) is 5.89. The highest BCUT2D eigenvalue weighted by Crippen LogP contribution is 2.23. The van der Waals surface area contributed by atoms with E-state index in [2.05, 4.69) is 10.0 Å². The SMILES string of the molecule is Cc1ccc(C(=O)N[C@H](C)c2ccco2)cc1S(=O)(=O)Nc1cccc(Cl)c1. The van der Waals surface area contributed by atoms with E-state index in [0.29, 0.717) is 22.0 Å². The van der Waals surface area contributed by atoms with Gasteiger partial charge in [-0.05, 0) is 61.9 Å². The Morgan fingerprint density at radius 3 is 2.57 bits per heavy atom. The molecule has 0 aliphatic carbocycles. The minimum Gasteiger partial charge on any atom is -0.467 e. The number of furan rings is 1. The van der Waals surface area contributed by atoms with Crippen molar-refractivity contribution in [1.29, 1.82) is 0 Å². The maximum absolute atomic E-state index is 12.8. The summed E-state index contributed by atoms with van der Waals surface area (Å²) in [7, 11) is -3.90. The molecule has 0 bridgehead atoms. The summed E-state index contributed by atoms with van der Waals surface area (Å²) in [5.74, 6) is 0.207. The number of anilines is 1. The average Bonchev–Trinajstić information content (AvgIpc) is 3.16. The van der Waals surface area contributed by atoms with Crippen LogP contribution in [0, 0.1) is 6.92 Å². The zero-order valence-electron chi connectivity index (χ0n) is 15.3. The van der Waals surface area contributed by atoms with Gasteiger partial charge in [-0.25, -0.2) is 8.42 Å². The minimum absolute atomic E-state index is 0.0192. The molecule has 3 rings (SSSR count). The monoisotopic (exact) mass is 418 g/mol. The van der Waals surface area contributed by atoms with Crippen LogP contribution in [0.3, 0.4) is 0 Å². The molecular formula is C20H19ClN2O4S. The topological polar surface area (TPSA) is 88.4 Å². The molecule has 2 N–H and O–H groups in total. The fourth-order valence-electron chi connectivity index (χ4n) is 2.68. The van der Waals surface area contributed by atoms with Gasteiger partial charge < -0.3 is 9.73 Å². The van der Waals surface area contributed by atoms with Crippen LogP contribution in [-0.2, 0) is 10.0 Å². The number of carbonyl (C=O) groups is 1. The quantitative estimate of drug-likeness (QED) is 0.615. The molecule has 0 unspecified atom stereocenters. The Hall–Kier alpha value is -2.77. The van der Waals surface area contributed by atoms with Gasteiger partial charge in [0.05, 0.1) is 22.9 Å². The summed E-state index contributed by atoms with van der Waals surface area (Å²) < 4.78 is 33.4. The molecule has 0 saturated heterocycles. The predicted molar refractivity (Wildman–Crippen MR) is 108 cm³/mol. The summed E-state index contributed by atoms with van der Waals surface area (Å²) in [5.41, 5.74) is 1.09. The number of amides is 1. The Morgan fingerprint density at radius 1 is 1.11 bits per heavy atom. The van der Waals surface area contributed by atoms with Crippen molar-refractivity contribution < 1.29 is 17.6 Å². The van der Waals surface area contributed by atoms with Crippen LogP contribution < -0.4 is 10.0 Å². The second kappa shape index (κ2) is 8.08. The zero-order valence-corrected chi connectivity index (χ0v) is 16.8. The molecule has 3 aromatic rings. The summed E-state index contributed by atoms with van der Waals surface area (Å²) in [6.07, 6.45) is 1.52. The van der Waals surface area contributed by atoms with Crippen LogP contribution in [0.25, 0.3) is 0 Å². The molecule has 1 aromatic heterocycles. The van der Waals surface area contributed by atoms with Crippen molar-refractivity contribution in [2.45, 2.75) is 24.8 Å². The second-order valence-electron chi connectivity index (χ2n) is 6.31. The Balaban J connectivity index is 1.85. The molecule has 28 heavy (non-hydrogen) atoms. The molecule has 0 fully saturated rings. The first-order valence-corrected chi connectivity index (χ1v) is 10.4. The molecule has 1 atom stereocenters. The first kappa shape index (κ1) is 20.0. The van der Waals surface area contributed by atoms with Crippen molar-refractivity contribution in [2.75, 3.05) is 4.72 Å². The van der Waals surface area contributed by atoms with Gasteiger partial charge in [-0.15, -0.1) is 0 Å². The highest BCUT2D eigenvalue weighted by atomic mass is 35.5. The zero-order chi connectivity index (χ0) is 20.3. The van der Waals surface area contributed by atoms with Crippen LogP contribution in [0.5, 0.6) is 0 Å². The molecule has 1 amide bonds. The molecule has 1 heterocycles. The van der Waals surface area contributed by atoms with Crippen LogP contribution in [0.15, 0.2) is 70.2 Å². The van der Waals surface area contributed by atoms with E-state index in [0.717, 1.165) is 0 Å². The Bertz CT molecular complexity index is 1100. The van der Waals surface area contributed by atoms with Gasteiger partial charge in [0.15, 0.2) is 0 Å². The maximum atomic E-state index is 12.8. The van der Waals surface area contributed by atoms with Gasteiger partial charge in [0, 0.05) is 10.6 Å². The summed E-state index contributed by atoms with van der Waals surface area (Å²) in [6.45, 7) is 3.45. The van der Waals surface area contributed by atoms with Crippen LogP contribution in [0.1, 0.15) is 34.6 Å². The molecule has 0 aliphatic heterocycles. The van der Waals surface area contributed by atoms with E-state index in [1.807, 2.05) is 0 Å². The number of rotatable bonds is 6. The van der Waals surface area contributed by atoms with E-state index in [1.54, 1.807) is 56.3 Å². The van der Waals surface area contributed by atoms with Gasteiger partial charge in [0.1, 0.15) is 5.76 Å². The number of aryl methyl sites for hydroxylation is 1. The Kier molecular flexibility index (Phi) is 5.76. The summed E-state index contributed by atoms with van der Waals surface area (Å²) >= 11 is 5.91. The first-order valence-electron chi connectivity index (χ1n) is 8.49. The first-order chi connectivity index (χ1) is 13.3. The third kappa shape index (κ3) is 4.55. The largest absolute Gasteiger partial charge is 0.467 e. The van der Waals surface area contributed by atoms with Crippen LogP contribution in [0.2, 0.25) is 5.02 Å². The van der Waals surface area contributed by atoms with E-state index in [4.69, 9.17) is 16.0 Å². The number of carbonyl (C=O) groups excluding carboxylic acids is 1. The highest BCUT2D eigenvalue weighted by Gasteiger charge is 2.20. The van der Waals surface area contributed by atoms with E-state index in [-0.39, 0.29) is 16.5 Å². The Morgan fingerprint density at radius 2 is 1.89 bits per heavy atom. The molecule has 0 radical (unpaired) electrons. The van der Waals surface area contributed by atoms with Gasteiger partial charge in [-0.1, -0.05) is 23.7 Å². The number of halogens is 1. The molecule has 0 aliphatic rings. The van der Waals surface area contributed by atoms with Crippen molar-refractivity contribution in [3.63, 3.8) is 0 Å². The van der Waals surface area contributed by atoms with Crippen LogP contribution in [-0.4, -0.2) is 14.3 Å².